The van der Waals surface area contributed by atoms with Gasteiger partial charge in [0.2, 0.25) is 0 Å². The number of ether oxygens (including phenoxy) is 1. The van der Waals surface area contributed by atoms with Crippen molar-refractivity contribution in [3.63, 3.8) is 0 Å². The van der Waals surface area contributed by atoms with Gasteiger partial charge in [0, 0.05) is 31.3 Å². The van der Waals surface area contributed by atoms with Crippen LogP contribution in [0.25, 0.3) is 0 Å². The van der Waals surface area contributed by atoms with Gasteiger partial charge in [0.1, 0.15) is 0 Å². The van der Waals surface area contributed by atoms with E-state index < -0.39 is 0 Å². The van der Waals surface area contributed by atoms with Crippen molar-refractivity contribution in [2.24, 2.45) is 11.7 Å². The van der Waals surface area contributed by atoms with Crippen LogP contribution in [0.1, 0.15) is 18.0 Å². The minimum atomic E-state index is 0.269. The molecule has 0 saturated carbocycles. The molecular weight excluding hydrogens is 248 g/mol. The molecule has 0 aromatic heterocycles. The molecule has 0 amide bonds. The summed E-state index contributed by atoms with van der Waals surface area (Å²) in [5.41, 5.74) is 7.15. The van der Waals surface area contributed by atoms with Crippen molar-refractivity contribution in [3.8, 4) is 0 Å². The van der Waals surface area contributed by atoms with E-state index in [-0.39, 0.29) is 6.04 Å². The average Bonchev–Trinajstić information content (AvgIpc) is 2.79. The Morgan fingerprint density at radius 3 is 3.06 bits per heavy atom. The lowest BCUT2D eigenvalue weighted by Crippen LogP contribution is -2.32. The van der Waals surface area contributed by atoms with Crippen LogP contribution in [0.4, 0.5) is 0 Å². The van der Waals surface area contributed by atoms with Crippen molar-refractivity contribution in [1.82, 2.24) is 4.90 Å². The molecule has 2 N–H and O–H groups in total. The zero-order chi connectivity index (χ0) is 13.0. The molecule has 1 aliphatic rings. The van der Waals surface area contributed by atoms with Crippen LogP contribution >= 0.6 is 11.6 Å². The molecule has 2 rings (SSSR count). The van der Waals surface area contributed by atoms with E-state index in [1.807, 2.05) is 18.2 Å². The minimum absolute atomic E-state index is 0.269. The largest absolute Gasteiger partial charge is 0.384 e. The summed E-state index contributed by atoms with van der Waals surface area (Å²) >= 11 is 6.05. The Morgan fingerprint density at radius 2 is 2.39 bits per heavy atom. The third-order valence-corrected chi connectivity index (χ3v) is 3.85. The number of halogens is 1. The zero-order valence-corrected chi connectivity index (χ0v) is 11.6. The van der Waals surface area contributed by atoms with Crippen LogP contribution in [0, 0.1) is 5.92 Å². The molecule has 100 valence electrons. The minimum Gasteiger partial charge on any atom is -0.384 e. The van der Waals surface area contributed by atoms with Crippen molar-refractivity contribution in [3.05, 3.63) is 34.9 Å². The Bertz CT molecular complexity index is 386. The third-order valence-electron chi connectivity index (χ3n) is 3.62. The molecule has 1 fully saturated rings. The van der Waals surface area contributed by atoms with Gasteiger partial charge in [-0.1, -0.05) is 23.7 Å². The predicted octanol–water partition coefficient (Wildman–Crippen LogP) is 2.31. The Hall–Kier alpha value is -0.610. The molecular formula is C14H21ClN2O. The summed E-state index contributed by atoms with van der Waals surface area (Å²) in [6, 6.07) is 8.28. The van der Waals surface area contributed by atoms with Crippen LogP contribution in [-0.4, -0.2) is 38.3 Å². The van der Waals surface area contributed by atoms with E-state index in [2.05, 4.69) is 11.0 Å². The number of likely N-dealkylation sites (tertiary alicyclic amines) is 1. The van der Waals surface area contributed by atoms with Crippen molar-refractivity contribution >= 4 is 11.6 Å². The molecule has 1 heterocycles. The van der Waals surface area contributed by atoms with E-state index in [0.717, 1.165) is 24.7 Å². The van der Waals surface area contributed by atoms with Crippen LogP contribution in [0.2, 0.25) is 5.02 Å². The summed E-state index contributed by atoms with van der Waals surface area (Å²) < 4.78 is 5.23. The molecule has 18 heavy (non-hydrogen) atoms. The van der Waals surface area contributed by atoms with Gasteiger partial charge in [-0.15, -0.1) is 0 Å². The lowest BCUT2D eigenvalue weighted by molar-refractivity contribution is 0.147. The van der Waals surface area contributed by atoms with Gasteiger partial charge in [-0.2, -0.15) is 0 Å². The van der Waals surface area contributed by atoms with Gasteiger partial charge in [-0.05, 0) is 36.6 Å². The summed E-state index contributed by atoms with van der Waals surface area (Å²) in [4.78, 5) is 2.44. The first-order valence-electron chi connectivity index (χ1n) is 6.43. The predicted molar refractivity (Wildman–Crippen MR) is 74.8 cm³/mol. The molecule has 1 aromatic rings. The number of benzene rings is 1. The van der Waals surface area contributed by atoms with Gasteiger partial charge in [0.25, 0.3) is 0 Å². The fraction of sp³-hybridized carbons (Fsp3) is 0.571. The molecule has 1 aliphatic heterocycles. The first kappa shape index (κ1) is 13.8. The Kier molecular flexibility index (Phi) is 5.01. The maximum Gasteiger partial charge on any atom is 0.0503 e. The second-order valence-corrected chi connectivity index (χ2v) is 5.35. The first-order valence-corrected chi connectivity index (χ1v) is 6.81. The number of rotatable bonds is 5. The highest BCUT2D eigenvalue weighted by Crippen LogP contribution is 2.28. The Morgan fingerprint density at radius 1 is 1.56 bits per heavy atom. The van der Waals surface area contributed by atoms with Gasteiger partial charge in [0.05, 0.1) is 6.61 Å². The van der Waals surface area contributed by atoms with Crippen molar-refractivity contribution in [2.75, 3.05) is 33.4 Å². The smallest absolute Gasteiger partial charge is 0.0503 e. The quantitative estimate of drug-likeness (QED) is 0.891. The Labute approximate surface area is 114 Å². The second kappa shape index (κ2) is 6.53. The zero-order valence-electron chi connectivity index (χ0n) is 10.8. The maximum absolute atomic E-state index is 6.05. The first-order chi connectivity index (χ1) is 8.74. The van der Waals surface area contributed by atoms with Crippen LogP contribution in [-0.2, 0) is 4.74 Å². The van der Waals surface area contributed by atoms with E-state index in [9.17, 15) is 0 Å². The maximum atomic E-state index is 6.05. The Balaban J connectivity index is 2.06. The standard InChI is InChI=1S/C14H21ClN2O/c1-18-10-11-5-6-17(9-11)14(8-16)12-3-2-4-13(15)7-12/h2-4,7,11,14H,5-6,8-10,16H2,1H3. The van der Waals surface area contributed by atoms with Crippen LogP contribution in [0.5, 0.6) is 0 Å². The molecule has 2 unspecified atom stereocenters. The summed E-state index contributed by atoms with van der Waals surface area (Å²) in [5.74, 6) is 0.628. The highest BCUT2D eigenvalue weighted by atomic mass is 35.5. The average molecular weight is 269 g/mol. The van der Waals surface area contributed by atoms with Gasteiger partial charge in [-0.25, -0.2) is 0 Å². The van der Waals surface area contributed by atoms with Crippen LogP contribution < -0.4 is 5.73 Å². The molecule has 0 bridgehead atoms. The molecule has 2 atom stereocenters. The summed E-state index contributed by atoms with van der Waals surface area (Å²) in [7, 11) is 1.76. The van der Waals surface area contributed by atoms with Gasteiger partial charge in [-0.3, -0.25) is 4.90 Å². The van der Waals surface area contributed by atoms with Crippen molar-refractivity contribution < 1.29 is 4.74 Å². The summed E-state index contributed by atoms with van der Waals surface area (Å²) in [6.07, 6.45) is 1.19. The lowest BCUT2D eigenvalue weighted by Gasteiger charge is -2.27. The lowest BCUT2D eigenvalue weighted by atomic mass is 10.1. The number of nitrogens with two attached hydrogens (primary N) is 1. The van der Waals surface area contributed by atoms with Gasteiger partial charge < -0.3 is 10.5 Å². The third kappa shape index (κ3) is 3.23. The van der Waals surface area contributed by atoms with Crippen LogP contribution in [0.15, 0.2) is 24.3 Å². The van der Waals surface area contributed by atoms with Crippen molar-refractivity contribution in [1.29, 1.82) is 0 Å². The highest BCUT2D eigenvalue weighted by molar-refractivity contribution is 6.30. The monoisotopic (exact) mass is 268 g/mol. The molecule has 1 aromatic carbocycles. The molecule has 1 saturated heterocycles. The normalized spacial score (nSPS) is 22.3. The molecule has 4 heteroatoms. The fourth-order valence-corrected chi connectivity index (χ4v) is 2.93. The molecule has 0 radical (unpaired) electrons. The number of hydrogen-bond donors (Lipinski definition) is 1. The molecule has 3 nitrogen and oxygen atoms in total. The van der Waals surface area contributed by atoms with E-state index in [1.54, 1.807) is 7.11 Å². The second-order valence-electron chi connectivity index (χ2n) is 4.91. The number of hydrogen-bond acceptors (Lipinski definition) is 3. The van der Waals surface area contributed by atoms with E-state index >= 15 is 0 Å². The van der Waals surface area contributed by atoms with Gasteiger partial charge in [0.15, 0.2) is 0 Å². The van der Waals surface area contributed by atoms with Crippen molar-refractivity contribution in [2.45, 2.75) is 12.5 Å². The van der Waals surface area contributed by atoms with Gasteiger partial charge >= 0.3 is 0 Å². The highest BCUT2D eigenvalue weighted by Gasteiger charge is 2.28. The van der Waals surface area contributed by atoms with E-state index in [4.69, 9.17) is 22.1 Å². The summed E-state index contributed by atoms with van der Waals surface area (Å²) in [5, 5.41) is 0.776. The van der Waals surface area contributed by atoms with E-state index in [0.29, 0.717) is 12.5 Å². The van der Waals surface area contributed by atoms with Crippen LogP contribution in [0.3, 0.4) is 0 Å². The fourth-order valence-electron chi connectivity index (χ4n) is 2.73. The number of methoxy groups -OCH3 is 1. The SMILES string of the molecule is COCC1CCN(C(CN)c2cccc(Cl)c2)C1. The molecule has 0 aliphatic carbocycles. The summed E-state index contributed by atoms with van der Waals surface area (Å²) in [6.45, 7) is 3.61. The topological polar surface area (TPSA) is 38.5 Å². The molecule has 0 spiro atoms. The van der Waals surface area contributed by atoms with E-state index in [1.165, 1.54) is 12.0 Å². The number of nitrogens with zero attached hydrogens (tertiary/aromatic N) is 1.